The molecular formula is C25H29ClFN3O2. The maximum atomic E-state index is 14.1. The van der Waals surface area contributed by atoms with E-state index in [1.807, 2.05) is 24.8 Å². The average Bonchev–Trinajstić information content (AvgIpc) is 3.11. The lowest BCUT2D eigenvalue weighted by molar-refractivity contribution is 0.0372. The number of halogens is 2. The smallest absolute Gasteiger partial charge is 0.290 e. The molecular weight excluding hydrogens is 429 g/mol. The van der Waals surface area contributed by atoms with Crippen LogP contribution in [0.4, 0.5) is 4.39 Å². The number of nitrogens with two attached hydrogens (primary N) is 1. The van der Waals surface area contributed by atoms with Crippen molar-refractivity contribution in [2.24, 2.45) is 5.73 Å². The highest BCUT2D eigenvalue weighted by Gasteiger charge is 2.38. The third-order valence-corrected chi connectivity index (χ3v) is 6.48. The van der Waals surface area contributed by atoms with Gasteiger partial charge >= 0.3 is 0 Å². The lowest BCUT2D eigenvalue weighted by atomic mass is 9.86. The van der Waals surface area contributed by atoms with Gasteiger partial charge in [-0.1, -0.05) is 38.4 Å². The molecule has 4 rings (SSSR count). The van der Waals surface area contributed by atoms with E-state index in [1.54, 1.807) is 12.1 Å². The van der Waals surface area contributed by atoms with Crippen LogP contribution in [0.5, 0.6) is 0 Å². The topological polar surface area (TPSA) is 72.4 Å². The maximum Gasteiger partial charge on any atom is 0.290 e. The van der Waals surface area contributed by atoms with E-state index in [1.165, 1.54) is 12.1 Å². The predicted molar refractivity (Wildman–Crippen MR) is 125 cm³/mol. The number of carbonyl (C=O) groups excluding carboxylic acids is 1. The zero-order chi connectivity index (χ0) is 23.4. The fourth-order valence-electron chi connectivity index (χ4n) is 4.45. The van der Waals surface area contributed by atoms with Crippen LogP contribution in [0.2, 0.25) is 5.02 Å². The van der Waals surface area contributed by atoms with Gasteiger partial charge < -0.3 is 15.1 Å². The second kappa shape index (κ2) is 7.85. The molecule has 0 spiro atoms. The number of amides is 1. The molecule has 32 heavy (non-hydrogen) atoms. The number of benzene rings is 1. The summed E-state index contributed by atoms with van der Waals surface area (Å²) in [4.78, 5) is 19.9. The number of pyridine rings is 1. The van der Waals surface area contributed by atoms with Crippen molar-refractivity contribution in [2.75, 3.05) is 6.54 Å². The van der Waals surface area contributed by atoms with Gasteiger partial charge in [0.2, 0.25) is 0 Å². The van der Waals surface area contributed by atoms with Crippen molar-refractivity contribution in [1.82, 2.24) is 9.88 Å². The Morgan fingerprint density at radius 1 is 1.28 bits per heavy atom. The molecule has 1 fully saturated rings. The number of furan rings is 1. The minimum absolute atomic E-state index is 0.0610. The number of likely N-dealkylation sites (tertiary alicyclic amines) is 1. The fourth-order valence-corrected chi connectivity index (χ4v) is 4.57. The number of hydrogen-bond acceptors (Lipinski definition) is 4. The first kappa shape index (κ1) is 22.7. The number of carbonyl (C=O) groups is 1. The van der Waals surface area contributed by atoms with E-state index in [4.69, 9.17) is 26.7 Å². The maximum absolute atomic E-state index is 14.1. The molecule has 1 amide bonds. The molecule has 3 aromatic rings. The Hall–Kier alpha value is -2.44. The Morgan fingerprint density at radius 2 is 2.00 bits per heavy atom. The van der Waals surface area contributed by atoms with Gasteiger partial charge in [-0.2, -0.15) is 0 Å². The molecule has 170 valence electrons. The quantitative estimate of drug-likeness (QED) is 0.517. The van der Waals surface area contributed by atoms with Gasteiger partial charge in [0, 0.05) is 35.3 Å². The Bertz CT molecular complexity index is 1200. The van der Waals surface area contributed by atoms with Crippen molar-refractivity contribution in [3.8, 4) is 11.3 Å². The molecule has 1 saturated heterocycles. The summed E-state index contributed by atoms with van der Waals surface area (Å²) in [7, 11) is 0. The third-order valence-electron chi connectivity index (χ3n) is 6.17. The van der Waals surface area contributed by atoms with Gasteiger partial charge in [0.15, 0.2) is 11.3 Å². The number of hydrogen-bond donors (Lipinski definition) is 1. The van der Waals surface area contributed by atoms with E-state index >= 15 is 0 Å². The van der Waals surface area contributed by atoms with E-state index in [9.17, 15) is 9.18 Å². The van der Waals surface area contributed by atoms with Crippen molar-refractivity contribution in [1.29, 1.82) is 0 Å². The lowest BCUT2D eigenvalue weighted by Gasteiger charge is -2.44. The van der Waals surface area contributed by atoms with Crippen molar-refractivity contribution in [3.63, 3.8) is 0 Å². The Labute approximate surface area is 192 Å². The molecule has 1 aliphatic rings. The Morgan fingerprint density at radius 3 is 2.62 bits per heavy atom. The highest BCUT2D eigenvalue weighted by molar-refractivity contribution is 6.30. The van der Waals surface area contributed by atoms with Gasteiger partial charge in [0.1, 0.15) is 11.3 Å². The highest BCUT2D eigenvalue weighted by atomic mass is 35.5. The number of fused-ring (bicyclic) bond motifs is 1. The van der Waals surface area contributed by atoms with E-state index < -0.39 is 5.82 Å². The van der Waals surface area contributed by atoms with Crippen molar-refractivity contribution < 1.29 is 13.6 Å². The molecule has 0 bridgehead atoms. The molecule has 5 nitrogen and oxygen atoms in total. The normalized spacial score (nSPS) is 18.9. The summed E-state index contributed by atoms with van der Waals surface area (Å²) in [6.45, 7) is 10.8. The number of aromatic nitrogens is 1. The van der Waals surface area contributed by atoms with Gasteiger partial charge in [-0.15, -0.1) is 0 Å². The molecule has 1 aliphatic heterocycles. The summed E-state index contributed by atoms with van der Waals surface area (Å²) < 4.78 is 20.2. The summed E-state index contributed by atoms with van der Waals surface area (Å²) in [6, 6.07) is 8.29. The fraction of sp³-hybridized carbons (Fsp3) is 0.440. The second-order valence-electron chi connectivity index (χ2n) is 10.3. The average molecular weight is 458 g/mol. The highest BCUT2D eigenvalue weighted by Crippen LogP contribution is 2.36. The minimum atomic E-state index is -0.503. The molecule has 2 N–H and O–H groups in total. The van der Waals surface area contributed by atoms with E-state index in [2.05, 4.69) is 20.8 Å². The molecule has 3 heterocycles. The first-order valence-electron chi connectivity index (χ1n) is 10.8. The van der Waals surface area contributed by atoms with Crippen LogP contribution in [0, 0.1) is 5.82 Å². The van der Waals surface area contributed by atoms with Crippen molar-refractivity contribution in [3.05, 3.63) is 52.5 Å². The molecule has 1 atom stereocenters. The lowest BCUT2D eigenvalue weighted by Crippen LogP contribution is -2.55. The first-order chi connectivity index (χ1) is 14.9. The van der Waals surface area contributed by atoms with Crippen molar-refractivity contribution in [2.45, 2.75) is 64.5 Å². The molecule has 0 radical (unpaired) electrons. The van der Waals surface area contributed by atoms with Gasteiger partial charge in [0.05, 0.1) is 10.7 Å². The summed E-state index contributed by atoms with van der Waals surface area (Å²) in [5, 5.41) is 0.0610. The molecule has 1 aromatic carbocycles. The summed E-state index contributed by atoms with van der Waals surface area (Å²) in [6.07, 6.45) is 1.49. The van der Waals surface area contributed by atoms with Gasteiger partial charge in [0.25, 0.3) is 5.91 Å². The van der Waals surface area contributed by atoms with Crippen LogP contribution in [-0.2, 0) is 5.41 Å². The van der Waals surface area contributed by atoms with Crippen LogP contribution in [0.1, 0.15) is 63.6 Å². The Kier molecular flexibility index (Phi) is 5.58. The Balaban J connectivity index is 1.82. The number of piperidine rings is 1. The summed E-state index contributed by atoms with van der Waals surface area (Å²) in [5.74, 6) is -0.420. The first-order valence-corrected chi connectivity index (χ1v) is 11.2. The largest absolute Gasteiger partial charge is 0.449 e. The third kappa shape index (κ3) is 4.14. The zero-order valence-corrected chi connectivity index (χ0v) is 19.9. The molecule has 2 aromatic heterocycles. The monoisotopic (exact) mass is 457 g/mol. The van der Waals surface area contributed by atoms with Crippen LogP contribution in [-0.4, -0.2) is 33.9 Å². The van der Waals surface area contributed by atoms with Crippen molar-refractivity contribution >= 4 is 28.6 Å². The number of nitrogens with zero attached hydrogens (tertiary/aromatic N) is 2. The SMILES string of the molecule is CC(C)(C)c1cc(-c2ccc(Cl)c(F)c2)nc2cc(C(=O)N3CC[C@H](N)CC3(C)C)oc12. The molecule has 7 heteroatoms. The second-order valence-corrected chi connectivity index (χ2v) is 10.7. The molecule has 0 unspecified atom stereocenters. The van der Waals surface area contributed by atoms with Gasteiger partial charge in [-0.3, -0.25) is 4.79 Å². The van der Waals surface area contributed by atoms with E-state index in [0.717, 1.165) is 18.4 Å². The molecule has 0 aliphatic carbocycles. The van der Waals surface area contributed by atoms with Gasteiger partial charge in [-0.05, 0) is 50.3 Å². The molecule has 0 saturated carbocycles. The van der Waals surface area contributed by atoms with Crippen LogP contribution in [0.25, 0.3) is 22.4 Å². The number of rotatable bonds is 2. The summed E-state index contributed by atoms with van der Waals surface area (Å²) in [5.41, 5.74) is 8.73. The van der Waals surface area contributed by atoms with Gasteiger partial charge in [-0.25, -0.2) is 9.37 Å². The summed E-state index contributed by atoms with van der Waals surface area (Å²) >= 11 is 5.85. The minimum Gasteiger partial charge on any atom is -0.449 e. The standard InChI is InChI=1S/C25H29ClFN3O2/c1-24(2,3)16-11-19(14-6-7-17(26)18(27)10-14)29-20-12-21(32-22(16)20)23(31)30-9-8-15(28)13-25(30,4)5/h6-7,10-12,15H,8-9,13,28H2,1-5H3/t15-/m0/s1. The van der Waals surface area contributed by atoms with Crippen LogP contribution >= 0.6 is 11.6 Å². The van der Waals surface area contributed by atoms with E-state index in [-0.39, 0.29) is 33.7 Å². The van der Waals surface area contributed by atoms with Crippen LogP contribution < -0.4 is 5.73 Å². The van der Waals surface area contributed by atoms with Crippen LogP contribution in [0.3, 0.4) is 0 Å². The predicted octanol–water partition coefficient (Wildman–Crippen LogP) is 5.93. The van der Waals surface area contributed by atoms with Crippen LogP contribution in [0.15, 0.2) is 34.7 Å². The van der Waals surface area contributed by atoms with E-state index in [0.29, 0.717) is 28.9 Å². The zero-order valence-electron chi connectivity index (χ0n) is 19.1.